The van der Waals surface area contributed by atoms with Gasteiger partial charge in [0.05, 0.1) is 18.8 Å². The minimum Gasteiger partial charge on any atom is -0.368 e. The zero-order chi connectivity index (χ0) is 18.8. The fourth-order valence-electron chi connectivity index (χ4n) is 3.45. The molecule has 4 rings (SSSR count). The summed E-state index contributed by atoms with van der Waals surface area (Å²) >= 11 is 0. The predicted molar refractivity (Wildman–Crippen MR) is 98.7 cm³/mol. The number of morpholine rings is 1. The summed E-state index contributed by atoms with van der Waals surface area (Å²) in [7, 11) is 0. The largest absolute Gasteiger partial charge is 0.368 e. The van der Waals surface area contributed by atoms with E-state index in [1.807, 2.05) is 19.9 Å². The van der Waals surface area contributed by atoms with Crippen LogP contribution in [0, 0.1) is 0 Å². The monoisotopic (exact) mass is 371 g/mol. The topological polar surface area (TPSA) is 84.6 Å². The molecule has 0 aromatic carbocycles. The third-order valence-electron chi connectivity index (χ3n) is 5.05. The fraction of sp³-hybridized carbons (Fsp3) is 0.579. The molecule has 1 amide bonds. The third-order valence-corrected chi connectivity index (χ3v) is 5.05. The van der Waals surface area contributed by atoms with Crippen LogP contribution in [0.15, 0.2) is 22.9 Å². The molecule has 0 radical (unpaired) electrons. The molecule has 2 saturated heterocycles. The van der Waals surface area contributed by atoms with Crippen molar-refractivity contribution in [3.63, 3.8) is 0 Å². The van der Waals surface area contributed by atoms with Crippen LogP contribution in [0.4, 0.5) is 5.95 Å². The van der Waals surface area contributed by atoms with Gasteiger partial charge in [-0.3, -0.25) is 4.79 Å². The SMILES string of the molecule is CC(C)c1cc(C(=O)N2CCOC(c3ccnc(N4CCCC4)n3)C2)no1. The number of nitrogens with zero attached hydrogens (tertiary/aromatic N) is 5. The van der Waals surface area contributed by atoms with Crippen molar-refractivity contribution in [2.75, 3.05) is 37.7 Å². The van der Waals surface area contributed by atoms with E-state index in [2.05, 4.69) is 20.0 Å². The number of amides is 1. The average molecular weight is 371 g/mol. The normalized spacial score (nSPS) is 20.5. The van der Waals surface area contributed by atoms with E-state index in [9.17, 15) is 4.79 Å². The molecule has 1 unspecified atom stereocenters. The summed E-state index contributed by atoms with van der Waals surface area (Å²) < 4.78 is 11.2. The molecular formula is C19H25N5O3. The van der Waals surface area contributed by atoms with Gasteiger partial charge in [-0.25, -0.2) is 9.97 Å². The summed E-state index contributed by atoms with van der Waals surface area (Å²) in [4.78, 5) is 25.8. The molecule has 2 aliphatic heterocycles. The summed E-state index contributed by atoms with van der Waals surface area (Å²) in [5.41, 5.74) is 1.16. The van der Waals surface area contributed by atoms with E-state index < -0.39 is 0 Å². The van der Waals surface area contributed by atoms with Gasteiger partial charge >= 0.3 is 0 Å². The highest BCUT2D eigenvalue weighted by molar-refractivity contribution is 5.92. The van der Waals surface area contributed by atoms with Crippen LogP contribution in [0.5, 0.6) is 0 Å². The lowest BCUT2D eigenvalue weighted by Crippen LogP contribution is -2.42. The van der Waals surface area contributed by atoms with Gasteiger partial charge in [0.1, 0.15) is 11.9 Å². The molecule has 0 saturated carbocycles. The molecule has 4 heterocycles. The van der Waals surface area contributed by atoms with E-state index in [1.54, 1.807) is 17.2 Å². The van der Waals surface area contributed by atoms with Gasteiger partial charge in [-0.05, 0) is 18.9 Å². The highest BCUT2D eigenvalue weighted by atomic mass is 16.5. The number of carbonyl (C=O) groups is 1. The van der Waals surface area contributed by atoms with Crippen molar-refractivity contribution >= 4 is 11.9 Å². The second-order valence-electron chi connectivity index (χ2n) is 7.36. The number of ether oxygens (including phenoxy) is 1. The molecule has 2 aromatic heterocycles. The Morgan fingerprint density at radius 3 is 2.81 bits per heavy atom. The molecular weight excluding hydrogens is 346 g/mol. The summed E-state index contributed by atoms with van der Waals surface area (Å²) in [6, 6.07) is 3.60. The zero-order valence-corrected chi connectivity index (χ0v) is 15.8. The molecule has 0 N–H and O–H groups in total. The molecule has 144 valence electrons. The Morgan fingerprint density at radius 2 is 2.07 bits per heavy atom. The second kappa shape index (κ2) is 7.64. The zero-order valence-electron chi connectivity index (χ0n) is 15.8. The first-order valence-electron chi connectivity index (χ1n) is 9.57. The Labute approximate surface area is 158 Å². The number of carbonyl (C=O) groups excluding carboxylic acids is 1. The number of aromatic nitrogens is 3. The number of anilines is 1. The smallest absolute Gasteiger partial charge is 0.276 e. The van der Waals surface area contributed by atoms with Gasteiger partial charge in [0.25, 0.3) is 5.91 Å². The van der Waals surface area contributed by atoms with Crippen LogP contribution in [0.2, 0.25) is 0 Å². The van der Waals surface area contributed by atoms with Gasteiger partial charge in [0, 0.05) is 37.8 Å². The third kappa shape index (κ3) is 3.80. The Balaban J connectivity index is 1.47. The standard InChI is InChI=1S/C19H25N5O3/c1-13(2)16-11-15(22-27-16)18(25)24-9-10-26-17(12-24)14-5-6-20-19(21-14)23-7-3-4-8-23/h5-6,11,13,17H,3-4,7-10,12H2,1-2H3. The maximum Gasteiger partial charge on any atom is 0.276 e. The molecule has 0 bridgehead atoms. The highest BCUT2D eigenvalue weighted by Crippen LogP contribution is 2.24. The van der Waals surface area contributed by atoms with E-state index in [0.29, 0.717) is 31.2 Å². The van der Waals surface area contributed by atoms with Crippen molar-refractivity contribution in [3.05, 3.63) is 35.5 Å². The minimum atomic E-state index is -0.261. The van der Waals surface area contributed by atoms with Crippen molar-refractivity contribution in [2.45, 2.75) is 38.7 Å². The molecule has 1 atom stereocenters. The number of hydrogen-bond acceptors (Lipinski definition) is 7. The van der Waals surface area contributed by atoms with Crippen molar-refractivity contribution in [1.82, 2.24) is 20.0 Å². The Hall–Kier alpha value is -2.48. The lowest BCUT2D eigenvalue weighted by atomic mass is 10.1. The fourth-order valence-corrected chi connectivity index (χ4v) is 3.45. The predicted octanol–water partition coefficient (Wildman–Crippen LogP) is 2.40. The molecule has 8 nitrogen and oxygen atoms in total. The van der Waals surface area contributed by atoms with Crippen molar-refractivity contribution in [1.29, 1.82) is 0 Å². The average Bonchev–Trinajstić information content (AvgIpc) is 3.40. The maximum atomic E-state index is 12.8. The molecule has 27 heavy (non-hydrogen) atoms. The minimum absolute atomic E-state index is 0.132. The number of rotatable bonds is 4. The molecule has 2 aliphatic rings. The van der Waals surface area contributed by atoms with E-state index in [-0.39, 0.29) is 17.9 Å². The summed E-state index contributed by atoms with van der Waals surface area (Å²) in [5, 5.41) is 3.94. The van der Waals surface area contributed by atoms with Gasteiger partial charge in [-0.1, -0.05) is 19.0 Å². The van der Waals surface area contributed by atoms with Crippen molar-refractivity contribution < 1.29 is 14.1 Å². The van der Waals surface area contributed by atoms with E-state index >= 15 is 0 Å². The first-order valence-corrected chi connectivity index (χ1v) is 9.57. The maximum absolute atomic E-state index is 12.8. The molecule has 0 spiro atoms. The first kappa shape index (κ1) is 17.9. The van der Waals surface area contributed by atoms with E-state index in [0.717, 1.165) is 24.7 Å². The van der Waals surface area contributed by atoms with Gasteiger partial charge in [-0.2, -0.15) is 0 Å². The Bertz CT molecular complexity index is 800. The first-order chi connectivity index (χ1) is 13.1. The highest BCUT2D eigenvalue weighted by Gasteiger charge is 2.29. The second-order valence-corrected chi connectivity index (χ2v) is 7.36. The van der Waals surface area contributed by atoms with Crippen LogP contribution >= 0.6 is 0 Å². The van der Waals surface area contributed by atoms with Gasteiger partial charge < -0.3 is 19.1 Å². The van der Waals surface area contributed by atoms with Crippen molar-refractivity contribution in [3.8, 4) is 0 Å². The van der Waals surface area contributed by atoms with Crippen LogP contribution in [-0.4, -0.2) is 58.7 Å². The van der Waals surface area contributed by atoms with Crippen LogP contribution in [-0.2, 0) is 4.74 Å². The molecule has 2 fully saturated rings. The lowest BCUT2D eigenvalue weighted by molar-refractivity contribution is -0.0250. The van der Waals surface area contributed by atoms with E-state index in [4.69, 9.17) is 9.26 Å². The van der Waals surface area contributed by atoms with Crippen LogP contribution in [0.25, 0.3) is 0 Å². The van der Waals surface area contributed by atoms with Crippen molar-refractivity contribution in [2.24, 2.45) is 0 Å². The summed E-state index contributed by atoms with van der Waals surface area (Å²) in [5.74, 6) is 1.53. The molecule has 2 aromatic rings. The van der Waals surface area contributed by atoms with E-state index in [1.165, 1.54) is 12.8 Å². The quantitative estimate of drug-likeness (QED) is 0.816. The summed E-state index contributed by atoms with van der Waals surface area (Å²) in [6.45, 7) is 7.43. The van der Waals surface area contributed by atoms with Crippen LogP contribution < -0.4 is 4.90 Å². The Morgan fingerprint density at radius 1 is 1.26 bits per heavy atom. The van der Waals surface area contributed by atoms with Gasteiger partial charge in [0.15, 0.2) is 5.69 Å². The number of hydrogen-bond donors (Lipinski definition) is 0. The van der Waals surface area contributed by atoms with Gasteiger partial charge in [0.2, 0.25) is 5.95 Å². The Kier molecular flexibility index (Phi) is 5.07. The molecule has 0 aliphatic carbocycles. The lowest BCUT2D eigenvalue weighted by Gasteiger charge is -2.32. The summed E-state index contributed by atoms with van der Waals surface area (Å²) in [6.07, 6.45) is 3.85. The molecule has 8 heteroatoms. The van der Waals surface area contributed by atoms with Gasteiger partial charge in [-0.15, -0.1) is 0 Å². The van der Waals surface area contributed by atoms with Crippen LogP contribution in [0.1, 0.15) is 60.7 Å². The van der Waals surface area contributed by atoms with Crippen LogP contribution in [0.3, 0.4) is 0 Å².